The van der Waals surface area contributed by atoms with Crippen LogP contribution >= 0.6 is 0 Å². The van der Waals surface area contributed by atoms with Crippen molar-refractivity contribution in [2.75, 3.05) is 26.7 Å². The lowest BCUT2D eigenvalue weighted by molar-refractivity contribution is -0.127. The number of carbonyl (C=O) groups excluding carboxylic acids is 2. The third kappa shape index (κ3) is 5.31. The average molecular weight is 466 g/mol. The van der Waals surface area contributed by atoms with Gasteiger partial charge in [0.15, 0.2) is 12.0 Å². The monoisotopic (exact) mass is 465 g/mol. The van der Waals surface area contributed by atoms with Crippen molar-refractivity contribution in [3.05, 3.63) is 65.7 Å². The van der Waals surface area contributed by atoms with E-state index in [1.54, 1.807) is 11.9 Å². The fraction of sp³-hybridized carbons (Fsp3) is 0.400. The number of aliphatic hydroxyl groups is 1. The minimum absolute atomic E-state index is 0.0642. The lowest BCUT2D eigenvalue weighted by Crippen LogP contribution is -2.65. The molecule has 2 heterocycles. The van der Waals surface area contributed by atoms with Gasteiger partial charge >= 0.3 is 6.03 Å². The smallest absolute Gasteiger partial charge is 0.325 e. The number of urea groups is 1. The molecule has 9 heteroatoms. The molecule has 3 N–H and O–H groups in total. The van der Waals surface area contributed by atoms with Crippen LogP contribution in [0.1, 0.15) is 18.1 Å². The number of rotatable bonds is 9. The standard InChI is InChI=1S/C25H31N5O4/c1-3-17-10-7-11-20(14-17)34-16-19(31)15-30-21-22(29(2)25(33)28-23(21)32)27-24(30)26-13-12-18-8-5-4-6-9-18/h4-11,14,19,21-22,31H,3,12-13,15-16H2,1-2H3,(H,26,27)(H,28,32,33). The van der Waals surface area contributed by atoms with Gasteiger partial charge in [-0.25, -0.2) is 4.79 Å². The van der Waals surface area contributed by atoms with Crippen LogP contribution in [0.15, 0.2) is 59.6 Å². The summed E-state index contributed by atoms with van der Waals surface area (Å²) >= 11 is 0. The molecule has 2 aromatic carbocycles. The van der Waals surface area contributed by atoms with Crippen LogP contribution < -0.4 is 15.4 Å². The number of imide groups is 1. The van der Waals surface area contributed by atoms with Crippen LogP contribution in [0.25, 0.3) is 0 Å². The highest BCUT2D eigenvalue weighted by molar-refractivity contribution is 6.04. The molecule has 34 heavy (non-hydrogen) atoms. The quantitative estimate of drug-likeness (QED) is 0.517. The van der Waals surface area contributed by atoms with E-state index in [0.717, 1.165) is 24.0 Å². The second kappa shape index (κ2) is 10.6. The maximum absolute atomic E-state index is 12.7. The first-order chi connectivity index (χ1) is 16.5. The average Bonchev–Trinajstić information content (AvgIpc) is 3.20. The van der Waals surface area contributed by atoms with Crippen molar-refractivity contribution in [3.8, 4) is 5.75 Å². The zero-order chi connectivity index (χ0) is 24.1. The van der Waals surface area contributed by atoms with E-state index in [0.29, 0.717) is 18.3 Å². The predicted octanol–water partition coefficient (Wildman–Crippen LogP) is 1.37. The molecule has 4 rings (SSSR count). The van der Waals surface area contributed by atoms with E-state index in [-0.39, 0.29) is 13.2 Å². The first-order valence-corrected chi connectivity index (χ1v) is 11.5. The summed E-state index contributed by atoms with van der Waals surface area (Å²) < 4.78 is 5.79. The van der Waals surface area contributed by atoms with E-state index in [2.05, 4.69) is 22.5 Å². The Kier molecular flexibility index (Phi) is 7.32. The molecule has 2 aliphatic rings. The summed E-state index contributed by atoms with van der Waals surface area (Å²) in [5.41, 5.74) is 2.31. The first kappa shape index (κ1) is 23.6. The molecule has 0 aliphatic carbocycles. The summed E-state index contributed by atoms with van der Waals surface area (Å²) in [6.45, 7) is 2.76. The molecule has 0 aromatic heterocycles. The number of hydrogen-bond donors (Lipinski definition) is 3. The Morgan fingerprint density at radius 3 is 2.65 bits per heavy atom. The lowest BCUT2D eigenvalue weighted by Gasteiger charge is -2.35. The summed E-state index contributed by atoms with van der Waals surface area (Å²) in [4.78, 5) is 32.7. The summed E-state index contributed by atoms with van der Waals surface area (Å²) in [6, 6.07) is 16.6. The van der Waals surface area contributed by atoms with Gasteiger partial charge < -0.3 is 25.0 Å². The van der Waals surface area contributed by atoms with Gasteiger partial charge in [0.05, 0.1) is 6.54 Å². The molecular weight excluding hydrogens is 434 g/mol. The Morgan fingerprint density at radius 2 is 1.88 bits per heavy atom. The molecule has 3 unspecified atom stereocenters. The molecule has 0 radical (unpaired) electrons. The number of aliphatic hydroxyl groups excluding tert-OH is 1. The number of guanidine groups is 1. The second-order valence-corrected chi connectivity index (χ2v) is 8.50. The molecule has 0 bridgehead atoms. The van der Waals surface area contributed by atoms with Gasteiger partial charge in [0.1, 0.15) is 24.6 Å². The molecule has 0 saturated carbocycles. The zero-order valence-corrected chi connectivity index (χ0v) is 19.5. The van der Waals surface area contributed by atoms with Crippen molar-refractivity contribution < 1.29 is 19.4 Å². The fourth-order valence-electron chi connectivity index (χ4n) is 4.18. The third-order valence-electron chi connectivity index (χ3n) is 6.08. The molecule has 2 aromatic rings. The lowest BCUT2D eigenvalue weighted by atomic mass is 10.1. The predicted molar refractivity (Wildman–Crippen MR) is 128 cm³/mol. The summed E-state index contributed by atoms with van der Waals surface area (Å²) in [5.74, 6) is 0.751. The number of β-amino-alcohol motifs (C(OH)–C–C–N with tert-alkyl or cyclic N) is 1. The zero-order valence-electron chi connectivity index (χ0n) is 19.5. The van der Waals surface area contributed by atoms with Crippen molar-refractivity contribution in [1.82, 2.24) is 20.4 Å². The minimum Gasteiger partial charge on any atom is -0.491 e. The van der Waals surface area contributed by atoms with Gasteiger partial charge in [-0.15, -0.1) is 0 Å². The van der Waals surface area contributed by atoms with E-state index in [9.17, 15) is 14.7 Å². The Morgan fingerprint density at radius 1 is 1.12 bits per heavy atom. The Balaban J connectivity index is 1.46. The van der Waals surface area contributed by atoms with E-state index < -0.39 is 30.2 Å². The van der Waals surface area contributed by atoms with Crippen molar-refractivity contribution in [3.63, 3.8) is 0 Å². The Bertz CT molecular complexity index is 1040. The number of nitrogens with zero attached hydrogens (tertiary/aromatic N) is 3. The van der Waals surface area contributed by atoms with Crippen LogP contribution in [0.4, 0.5) is 4.79 Å². The Hall–Kier alpha value is -3.59. The number of aliphatic imine (C=N–C) groups is 1. The topological polar surface area (TPSA) is 106 Å². The summed E-state index contributed by atoms with van der Waals surface area (Å²) in [7, 11) is 1.62. The Labute approximate surface area is 199 Å². The van der Waals surface area contributed by atoms with Crippen LogP contribution in [-0.4, -0.2) is 77.9 Å². The molecule has 0 spiro atoms. The maximum atomic E-state index is 12.7. The normalized spacial score (nSPS) is 21.8. The van der Waals surface area contributed by atoms with E-state index in [4.69, 9.17) is 4.74 Å². The molecule has 3 atom stereocenters. The molecule has 2 fully saturated rings. The van der Waals surface area contributed by atoms with Gasteiger partial charge in [0.2, 0.25) is 0 Å². The van der Waals surface area contributed by atoms with Gasteiger partial charge in [0.25, 0.3) is 5.91 Å². The third-order valence-corrected chi connectivity index (χ3v) is 6.08. The van der Waals surface area contributed by atoms with Crippen LogP contribution in [-0.2, 0) is 17.6 Å². The van der Waals surface area contributed by atoms with Crippen LogP contribution in [0.2, 0.25) is 0 Å². The van der Waals surface area contributed by atoms with Gasteiger partial charge in [-0.05, 0) is 36.1 Å². The van der Waals surface area contributed by atoms with Gasteiger partial charge in [-0.1, -0.05) is 49.4 Å². The number of amides is 3. The van der Waals surface area contributed by atoms with Crippen molar-refractivity contribution in [2.24, 2.45) is 4.99 Å². The molecule has 180 valence electrons. The molecule has 9 nitrogen and oxygen atoms in total. The van der Waals surface area contributed by atoms with Crippen LogP contribution in [0.3, 0.4) is 0 Å². The number of ether oxygens (including phenoxy) is 1. The van der Waals surface area contributed by atoms with Crippen molar-refractivity contribution in [2.45, 2.75) is 38.1 Å². The van der Waals surface area contributed by atoms with E-state index in [1.165, 1.54) is 4.90 Å². The number of nitrogens with one attached hydrogen (secondary N) is 2. The molecule has 3 amide bonds. The van der Waals surface area contributed by atoms with Gasteiger partial charge in [-0.3, -0.25) is 15.1 Å². The number of carbonyl (C=O) groups is 2. The maximum Gasteiger partial charge on any atom is 0.325 e. The van der Waals surface area contributed by atoms with Gasteiger partial charge in [0, 0.05) is 13.6 Å². The molecule has 2 saturated heterocycles. The number of likely N-dealkylation sites (N-methyl/N-ethyl adjacent to an activating group) is 1. The molecular formula is C25H31N5O4. The van der Waals surface area contributed by atoms with Gasteiger partial charge in [-0.2, -0.15) is 0 Å². The summed E-state index contributed by atoms with van der Waals surface area (Å²) in [6.07, 6.45) is 0.189. The number of fused-ring (bicyclic) bond motifs is 1. The number of aryl methyl sites for hydroxylation is 1. The van der Waals surface area contributed by atoms with Crippen molar-refractivity contribution >= 4 is 17.9 Å². The van der Waals surface area contributed by atoms with Crippen molar-refractivity contribution in [1.29, 1.82) is 0 Å². The fourth-order valence-corrected chi connectivity index (χ4v) is 4.18. The van der Waals surface area contributed by atoms with Crippen LogP contribution in [0, 0.1) is 0 Å². The highest BCUT2D eigenvalue weighted by Crippen LogP contribution is 2.21. The number of hydrogen-bond acceptors (Lipinski definition) is 5. The minimum atomic E-state index is -0.874. The highest BCUT2D eigenvalue weighted by atomic mass is 16.5. The second-order valence-electron chi connectivity index (χ2n) is 8.50. The van der Waals surface area contributed by atoms with E-state index >= 15 is 0 Å². The van der Waals surface area contributed by atoms with E-state index in [1.807, 2.05) is 54.6 Å². The SMILES string of the molecule is CCc1cccc(OCC(O)CN2C(=NCCc3ccccc3)NC3C2C(=O)NC(=O)N3C)c1. The number of benzene rings is 2. The summed E-state index contributed by atoms with van der Waals surface area (Å²) in [5, 5.41) is 16.3. The van der Waals surface area contributed by atoms with Crippen LogP contribution in [0.5, 0.6) is 5.75 Å². The largest absolute Gasteiger partial charge is 0.491 e. The first-order valence-electron chi connectivity index (χ1n) is 11.5. The highest BCUT2D eigenvalue weighted by Gasteiger charge is 2.50. The molecule has 2 aliphatic heterocycles.